The Bertz CT molecular complexity index is 403. The maximum atomic E-state index is 3.55. The van der Waals surface area contributed by atoms with Crippen LogP contribution in [0.4, 0.5) is 0 Å². The Morgan fingerprint density at radius 2 is 2.13 bits per heavy atom. The van der Waals surface area contributed by atoms with Gasteiger partial charge in [0, 0.05) is 22.3 Å². The number of aryl methyl sites for hydroxylation is 1. The van der Waals surface area contributed by atoms with E-state index in [4.69, 9.17) is 0 Å². The first-order chi connectivity index (χ1) is 7.27. The van der Waals surface area contributed by atoms with Gasteiger partial charge in [0.25, 0.3) is 0 Å². The predicted octanol–water partition coefficient (Wildman–Crippen LogP) is 3.97. The molecule has 2 rings (SSSR count). The maximum Gasteiger partial charge on any atom is 0.0391 e. The smallest absolute Gasteiger partial charge is 0.0391 e. The van der Waals surface area contributed by atoms with Crippen molar-refractivity contribution in [2.75, 3.05) is 0 Å². The molecule has 1 atom stereocenters. The van der Waals surface area contributed by atoms with Crippen LogP contribution in [0.5, 0.6) is 0 Å². The van der Waals surface area contributed by atoms with Gasteiger partial charge in [-0.15, -0.1) is 22.7 Å². The molecule has 2 aromatic heterocycles. The minimum atomic E-state index is 0.451. The van der Waals surface area contributed by atoms with E-state index in [1.807, 2.05) is 22.7 Å². The average molecular weight is 237 g/mol. The number of thiophene rings is 2. The molecule has 0 saturated heterocycles. The van der Waals surface area contributed by atoms with Gasteiger partial charge in [0.05, 0.1) is 0 Å². The van der Waals surface area contributed by atoms with Gasteiger partial charge in [0.2, 0.25) is 0 Å². The Kier molecular flexibility index (Phi) is 3.57. The second-order valence-corrected chi connectivity index (χ2v) is 5.63. The molecule has 0 aliphatic carbocycles. The van der Waals surface area contributed by atoms with E-state index in [0.717, 1.165) is 6.54 Å². The van der Waals surface area contributed by atoms with Gasteiger partial charge in [-0.1, -0.05) is 6.07 Å². The molecule has 0 aliphatic rings. The monoisotopic (exact) mass is 237 g/mol. The van der Waals surface area contributed by atoms with Crippen LogP contribution >= 0.6 is 22.7 Å². The summed E-state index contributed by atoms with van der Waals surface area (Å²) in [5.41, 5.74) is 1.39. The Morgan fingerprint density at radius 3 is 2.73 bits per heavy atom. The molecule has 2 aromatic rings. The molecule has 2 heterocycles. The van der Waals surface area contributed by atoms with Crippen LogP contribution in [0.25, 0.3) is 0 Å². The molecular weight excluding hydrogens is 222 g/mol. The van der Waals surface area contributed by atoms with Crippen LogP contribution in [0.3, 0.4) is 0 Å². The molecule has 3 heteroatoms. The lowest BCUT2D eigenvalue weighted by atomic mass is 10.2. The van der Waals surface area contributed by atoms with Crippen LogP contribution in [0.1, 0.15) is 28.3 Å². The summed E-state index contributed by atoms with van der Waals surface area (Å²) < 4.78 is 0. The molecule has 1 N–H and O–H groups in total. The Hall–Kier alpha value is -0.640. The summed E-state index contributed by atoms with van der Waals surface area (Å²) in [6.07, 6.45) is 0. The normalized spacial score (nSPS) is 12.9. The van der Waals surface area contributed by atoms with Crippen molar-refractivity contribution >= 4 is 22.7 Å². The molecule has 0 unspecified atom stereocenters. The highest BCUT2D eigenvalue weighted by atomic mass is 32.1. The van der Waals surface area contributed by atoms with Crippen molar-refractivity contribution in [1.82, 2.24) is 5.32 Å². The maximum absolute atomic E-state index is 3.55. The zero-order valence-corrected chi connectivity index (χ0v) is 10.6. The summed E-state index contributed by atoms with van der Waals surface area (Å²) in [6.45, 7) is 5.37. The molecule has 1 nitrogen and oxygen atoms in total. The Balaban J connectivity index is 1.93. The van der Waals surface area contributed by atoms with Crippen molar-refractivity contribution in [3.63, 3.8) is 0 Å². The molecule has 0 saturated carbocycles. The fourth-order valence-corrected chi connectivity index (χ4v) is 3.20. The van der Waals surface area contributed by atoms with Crippen LogP contribution in [0.2, 0.25) is 0 Å². The van der Waals surface area contributed by atoms with Crippen LogP contribution in [0.15, 0.2) is 29.0 Å². The van der Waals surface area contributed by atoms with Crippen LogP contribution in [-0.4, -0.2) is 0 Å². The molecule has 0 aliphatic heterocycles. The number of rotatable bonds is 4. The van der Waals surface area contributed by atoms with E-state index in [1.165, 1.54) is 15.3 Å². The minimum Gasteiger partial charge on any atom is -0.305 e. The topological polar surface area (TPSA) is 12.0 Å². The lowest BCUT2D eigenvalue weighted by molar-refractivity contribution is 0.585. The van der Waals surface area contributed by atoms with E-state index >= 15 is 0 Å². The number of nitrogens with one attached hydrogen (secondary N) is 1. The van der Waals surface area contributed by atoms with Gasteiger partial charge in [0.1, 0.15) is 0 Å². The lowest BCUT2D eigenvalue weighted by Gasteiger charge is -2.12. The second-order valence-electron chi connectivity index (χ2n) is 3.65. The molecule has 80 valence electrons. The van der Waals surface area contributed by atoms with Gasteiger partial charge in [-0.2, -0.15) is 0 Å². The Morgan fingerprint density at radius 1 is 1.27 bits per heavy atom. The summed E-state index contributed by atoms with van der Waals surface area (Å²) in [5.74, 6) is 0. The summed E-state index contributed by atoms with van der Waals surface area (Å²) >= 11 is 3.64. The second kappa shape index (κ2) is 4.92. The summed E-state index contributed by atoms with van der Waals surface area (Å²) in [7, 11) is 0. The third kappa shape index (κ3) is 2.68. The van der Waals surface area contributed by atoms with Crippen molar-refractivity contribution in [3.8, 4) is 0 Å². The number of hydrogen-bond donors (Lipinski definition) is 1. The van der Waals surface area contributed by atoms with Crippen molar-refractivity contribution in [3.05, 3.63) is 44.3 Å². The van der Waals surface area contributed by atoms with Gasteiger partial charge in [-0.25, -0.2) is 0 Å². The van der Waals surface area contributed by atoms with Gasteiger partial charge in [-0.05, 0) is 42.3 Å². The van der Waals surface area contributed by atoms with E-state index in [1.54, 1.807) is 0 Å². The molecule has 0 spiro atoms. The lowest BCUT2D eigenvalue weighted by Crippen LogP contribution is -2.17. The predicted molar refractivity (Wildman–Crippen MR) is 68.6 cm³/mol. The van der Waals surface area contributed by atoms with Crippen molar-refractivity contribution in [2.45, 2.75) is 26.4 Å². The highest BCUT2D eigenvalue weighted by Gasteiger charge is 2.08. The highest BCUT2D eigenvalue weighted by Crippen LogP contribution is 2.23. The molecule has 0 bridgehead atoms. The quantitative estimate of drug-likeness (QED) is 0.848. The van der Waals surface area contributed by atoms with Crippen LogP contribution in [-0.2, 0) is 6.54 Å². The van der Waals surface area contributed by atoms with E-state index in [-0.39, 0.29) is 0 Å². The van der Waals surface area contributed by atoms with E-state index < -0.39 is 0 Å². The van der Waals surface area contributed by atoms with E-state index in [9.17, 15) is 0 Å². The van der Waals surface area contributed by atoms with Gasteiger partial charge >= 0.3 is 0 Å². The molecule has 0 amide bonds. The molecule has 15 heavy (non-hydrogen) atoms. The summed E-state index contributed by atoms with van der Waals surface area (Å²) in [6, 6.07) is 6.91. The standard InChI is InChI=1S/C12H15NS2/c1-9-5-7-15-12(9)10(2)13-8-11-4-3-6-14-11/h3-7,10,13H,8H2,1-2H3/t10-/m1/s1. The fraction of sp³-hybridized carbons (Fsp3) is 0.333. The zero-order chi connectivity index (χ0) is 10.7. The largest absolute Gasteiger partial charge is 0.305 e. The molecule has 0 radical (unpaired) electrons. The van der Waals surface area contributed by atoms with Gasteiger partial charge in [-0.3, -0.25) is 0 Å². The zero-order valence-electron chi connectivity index (χ0n) is 8.99. The van der Waals surface area contributed by atoms with Crippen LogP contribution < -0.4 is 5.32 Å². The fourth-order valence-electron chi connectivity index (χ4n) is 1.59. The first-order valence-corrected chi connectivity index (χ1v) is 6.83. The Labute approximate surface area is 98.8 Å². The van der Waals surface area contributed by atoms with Crippen molar-refractivity contribution in [2.24, 2.45) is 0 Å². The summed E-state index contributed by atoms with van der Waals surface area (Å²) in [4.78, 5) is 2.85. The average Bonchev–Trinajstić information content (AvgIpc) is 2.84. The van der Waals surface area contributed by atoms with Gasteiger partial charge < -0.3 is 5.32 Å². The van der Waals surface area contributed by atoms with Gasteiger partial charge in [0.15, 0.2) is 0 Å². The minimum absolute atomic E-state index is 0.451. The third-order valence-electron chi connectivity index (χ3n) is 2.46. The van der Waals surface area contributed by atoms with E-state index in [2.05, 4.69) is 48.1 Å². The summed E-state index contributed by atoms with van der Waals surface area (Å²) in [5, 5.41) is 7.83. The van der Waals surface area contributed by atoms with E-state index in [0.29, 0.717) is 6.04 Å². The van der Waals surface area contributed by atoms with Crippen molar-refractivity contribution in [1.29, 1.82) is 0 Å². The SMILES string of the molecule is Cc1ccsc1[C@@H](C)NCc1cccs1. The van der Waals surface area contributed by atoms with Crippen molar-refractivity contribution < 1.29 is 0 Å². The first kappa shape index (κ1) is 10.9. The molecular formula is C12H15NS2. The van der Waals surface area contributed by atoms with Crippen LogP contribution in [0, 0.1) is 6.92 Å². The molecule has 0 aromatic carbocycles. The highest BCUT2D eigenvalue weighted by molar-refractivity contribution is 7.10. The first-order valence-electron chi connectivity index (χ1n) is 5.07. The third-order valence-corrected chi connectivity index (χ3v) is 4.54. The molecule has 0 fully saturated rings. The number of hydrogen-bond acceptors (Lipinski definition) is 3.